The number of carbonyl (C=O) groups is 1. The SMILES string of the molecule is Cc1ccc(C2(C(=O)Nc3ccc(OCCCN4CCC[C@H](C)C4)cc3)CCOCC2)cc1. The van der Waals surface area contributed by atoms with Gasteiger partial charge in [-0.1, -0.05) is 36.8 Å². The van der Waals surface area contributed by atoms with E-state index in [2.05, 4.69) is 48.3 Å². The number of hydrogen-bond acceptors (Lipinski definition) is 4. The first kappa shape index (κ1) is 23.8. The molecule has 2 aliphatic heterocycles. The van der Waals surface area contributed by atoms with Gasteiger partial charge < -0.3 is 19.7 Å². The highest BCUT2D eigenvalue weighted by Crippen LogP contribution is 2.36. The van der Waals surface area contributed by atoms with Crippen LogP contribution in [-0.4, -0.2) is 50.3 Å². The van der Waals surface area contributed by atoms with E-state index < -0.39 is 5.41 Å². The number of anilines is 1. The summed E-state index contributed by atoms with van der Waals surface area (Å²) in [5.74, 6) is 1.70. The molecule has 2 saturated heterocycles. The Kier molecular flexibility index (Phi) is 8.05. The molecule has 1 N–H and O–H groups in total. The highest BCUT2D eigenvalue weighted by molar-refractivity contribution is 5.99. The van der Waals surface area contributed by atoms with E-state index in [4.69, 9.17) is 9.47 Å². The monoisotopic (exact) mass is 450 g/mol. The van der Waals surface area contributed by atoms with E-state index in [1.807, 2.05) is 24.3 Å². The van der Waals surface area contributed by atoms with Gasteiger partial charge in [-0.25, -0.2) is 0 Å². The van der Waals surface area contributed by atoms with Crippen LogP contribution >= 0.6 is 0 Å². The molecule has 4 rings (SSSR count). The highest BCUT2D eigenvalue weighted by atomic mass is 16.5. The van der Waals surface area contributed by atoms with Crippen molar-refractivity contribution in [2.24, 2.45) is 5.92 Å². The van der Waals surface area contributed by atoms with Crippen LogP contribution in [0.4, 0.5) is 5.69 Å². The molecule has 0 spiro atoms. The summed E-state index contributed by atoms with van der Waals surface area (Å²) in [7, 11) is 0. The second kappa shape index (κ2) is 11.2. The molecule has 0 radical (unpaired) electrons. The quantitative estimate of drug-likeness (QED) is 0.563. The van der Waals surface area contributed by atoms with E-state index in [9.17, 15) is 4.79 Å². The van der Waals surface area contributed by atoms with Gasteiger partial charge in [-0.05, 0) is 81.3 Å². The maximum atomic E-state index is 13.4. The minimum Gasteiger partial charge on any atom is -0.494 e. The first-order valence-corrected chi connectivity index (χ1v) is 12.5. The second-order valence-corrected chi connectivity index (χ2v) is 9.79. The number of carbonyl (C=O) groups excluding carboxylic acids is 1. The fourth-order valence-corrected chi connectivity index (χ4v) is 5.09. The van der Waals surface area contributed by atoms with Gasteiger partial charge in [-0.15, -0.1) is 0 Å². The number of piperidine rings is 1. The Morgan fingerprint density at radius 2 is 1.85 bits per heavy atom. The fourth-order valence-electron chi connectivity index (χ4n) is 5.09. The van der Waals surface area contributed by atoms with Crippen molar-refractivity contribution in [3.05, 3.63) is 59.7 Å². The molecular weight excluding hydrogens is 412 g/mol. The summed E-state index contributed by atoms with van der Waals surface area (Å²) in [4.78, 5) is 16.0. The Balaban J connectivity index is 1.31. The average Bonchev–Trinajstić information content (AvgIpc) is 2.84. The molecule has 0 aliphatic carbocycles. The third-order valence-corrected chi connectivity index (χ3v) is 7.13. The summed E-state index contributed by atoms with van der Waals surface area (Å²) in [6.07, 6.45) is 5.09. The number of ether oxygens (including phenoxy) is 2. The Bertz CT molecular complexity index is 888. The minimum absolute atomic E-state index is 0.0408. The summed E-state index contributed by atoms with van der Waals surface area (Å²) in [5, 5.41) is 3.15. The fraction of sp³-hybridized carbons (Fsp3) is 0.536. The molecule has 0 saturated carbocycles. The van der Waals surface area contributed by atoms with Gasteiger partial charge in [-0.3, -0.25) is 4.79 Å². The first-order valence-electron chi connectivity index (χ1n) is 12.5. The summed E-state index contributed by atoms with van der Waals surface area (Å²) in [5.41, 5.74) is 2.51. The average molecular weight is 451 g/mol. The molecule has 2 fully saturated rings. The van der Waals surface area contributed by atoms with Crippen LogP contribution < -0.4 is 10.1 Å². The Hall–Kier alpha value is -2.37. The number of aryl methyl sites for hydroxylation is 1. The third kappa shape index (κ3) is 6.15. The van der Waals surface area contributed by atoms with Crippen LogP contribution in [0.25, 0.3) is 0 Å². The predicted molar refractivity (Wildman–Crippen MR) is 133 cm³/mol. The van der Waals surface area contributed by atoms with Crippen LogP contribution in [0, 0.1) is 12.8 Å². The second-order valence-electron chi connectivity index (χ2n) is 9.79. The van der Waals surface area contributed by atoms with Crippen molar-refractivity contribution in [1.82, 2.24) is 4.90 Å². The van der Waals surface area contributed by atoms with Gasteiger partial charge in [0.2, 0.25) is 5.91 Å². The zero-order valence-electron chi connectivity index (χ0n) is 20.1. The lowest BCUT2D eigenvalue weighted by Gasteiger charge is -2.36. The van der Waals surface area contributed by atoms with E-state index >= 15 is 0 Å². The Morgan fingerprint density at radius 3 is 2.55 bits per heavy atom. The van der Waals surface area contributed by atoms with Gasteiger partial charge in [0.15, 0.2) is 0 Å². The zero-order valence-corrected chi connectivity index (χ0v) is 20.1. The molecule has 33 heavy (non-hydrogen) atoms. The first-order chi connectivity index (χ1) is 16.0. The summed E-state index contributed by atoms with van der Waals surface area (Å²) in [6.45, 7) is 9.86. The standard InChI is InChI=1S/C28H38N2O3/c1-22-6-8-24(9-7-22)28(14-19-32-20-15-28)27(31)29-25-10-12-26(13-11-25)33-18-4-17-30-16-3-5-23(2)21-30/h6-13,23H,3-5,14-21H2,1-2H3,(H,29,31)/t23-/m0/s1. The zero-order chi connectivity index (χ0) is 23.1. The molecule has 178 valence electrons. The van der Waals surface area contributed by atoms with E-state index in [-0.39, 0.29) is 5.91 Å². The summed E-state index contributed by atoms with van der Waals surface area (Å²) < 4.78 is 11.5. The maximum absolute atomic E-state index is 13.4. The lowest BCUT2D eigenvalue weighted by Crippen LogP contribution is -2.44. The normalized spacial score (nSPS) is 20.8. The molecular formula is C28H38N2O3. The highest BCUT2D eigenvalue weighted by Gasteiger charge is 2.41. The van der Waals surface area contributed by atoms with Crippen LogP contribution in [0.15, 0.2) is 48.5 Å². The number of benzene rings is 2. The largest absolute Gasteiger partial charge is 0.494 e. The van der Waals surface area contributed by atoms with Crippen molar-refractivity contribution in [3.63, 3.8) is 0 Å². The van der Waals surface area contributed by atoms with Crippen molar-refractivity contribution in [2.45, 2.75) is 51.4 Å². The van der Waals surface area contributed by atoms with Gasteiger partial charge in [0.1, 0.15) is 5.75 Å². The van der Waals surface area contributed by atoms with Crippen molar-refractivity contribution < 1.29 is 14.3 Å². The molecule has 2 aromatic carbocycles. The van der Waals surface area contributed by atoms with Crippen LogP contribution in [0.2, 0.25) is 0 Å². The minimum atomic E-state index is -0.549. The molecule has 2 aromatic rings. The van der Waals surface area contributed by atoms with Crippen molar-refractivity contribution in [1.29, 1.82) is 0 Å². The Labute approximate surface area is 198 Å². The third-order valence-electron chi connectivity index (χ3n) is 7.13. The van der Waals surface area contributed by atoms with Crippen LogP contribution in [-0.2, 0) is 14.9 Å². The van der Waals surface area contributed by atoms with Crippen LogP contribution in [0.1, 0.15) is 50.2 Å². The Morgan fingerprint density at radius 1 is 1.12 bits per heavy atom. The van der Waals surface area contributed by atoms with E-state index in [1.54, 1.807) is 0 Å². The van der Waals surface area contributed by atoms with Gasteiger partial charge in [0.25, 0.3) is 0 Å². The molecule has 2 heterocycles. The molecule has 5 nitrogen and oxygen atoms in total. The van der Waals surface area contributed by atoms with E-state index in [0.717, 1.165) is 35.9 Å². The number of hydrogen-bond donors (Lipinski definition) is 1. The maximum Gasteiger partial charge on any atom is 0.235 e. The topological polar surface area (TPSA) is 50.8 Å². The van der Waals surface area contributed by atoms with Gasteiger partial charge in [0.05, 0.1) is 12.0 Å². The van der Waals surface area contributed by atoms with Gasteiger partial charge >= 0.3 is 0 Å². The molecule has 1 atom stereocenters. The molecule has 5 heteroatoms. The van der Waals surface area contributed by atoms with Crippen LogP contribution in [0.3, 0.4) is 0 Å². The number of amides is 1. The molecule has 1 amide bonds. The number of likely N-dealkylation sites (tertiary alicyclic amines) is 1. The van der Waals surface area contributed by atoms with Crippen molar-refractivity contribution >= 4 is 11.6 Å². The predicted octanol–water partition coefficient (Wildman–Crippen LogP) is 5.18. The molecule has 0 aromatic heterocycles. The van der Waals surface area contributed by atoms with Crippen molar-refractivity contribution in [2.75, 3.05) is 44.8 Å². The van der Waals surface area contributed by atoms with E-state index in [1.165, 1.54) is 31.5 Å². The van der Waals surface area contributed by atoms with Crippen molar-refractivity contribution in [3.8, 4) is 5.75 Å². The summed E-state index contributed by atoms with van der Waals surface area (Å²) in [6, 6.07) is 16.1. The summed E-state index contributed by atoms with van der Waals surface area (Å²) >= 11 is 0. The van der Waals surface area contributed by atoms with E-state index in [0.29, 0.717) is 32.7 Å². The lowest BCUT2D eigenvalue weighted by atomic mass is 9.73. The number of nitrogens with zero attached hydrogens (tertiary/aromatic N) is 1. The van der Waals surface area contributed by atoms with Crippen LogP contribution in [0.5, 0.6) is 5.75 Å². The smallest absolute Gasteiger partial charge is 0.235 e. The number of nitrogens with one attached hydrogen (secondary N) is 1. The number of rotatable bonds is 8. The van der Waals surface area contributed by atoms with Gasteiger partial charge in [-0.2, -0.15) is 0 Å². The molecule has 0 unspecified atom stereocenters. The van der Waals surface area contributed by atoms with Gasteiger partial charge in [0, 0.05) is 32.0 Å². The lowest BCUT2D eigenvalue weighted by molar-refractivity contribution is -0.125. The molecule has 0 bridgehead atoms. The molecule has 2 aliphatic rings.